The van der Waals surface area contributed by atoms with Gasteiger partial charge in [0.1, 0.15) is 10.6 Å². The molecule has 2 aromatic rings. The standard InChI is InChI=1S/C23H33N5O3S/c1-4-19-7-5-6-12-28(19)23-11-10-22(24-25-23)26-13-15-27(16-14-26)32(29,30)21-17-18(2)8-9-20(21)31-3/h8-11,17,19H,4-7,12-16H2,1-3H3. The molecular weight excluding hydrogens is 426 g/mol. The van der Waals surface area contributed by atoms with Crippen LogP contribution in [-0.4, -0.2) is 68.8 Å². The average Bonchev–Trinajstić information content (AvgIpc) is 2.84. The fraction of sp³-hybridized carbons (Fsp3) is 0.565. The van der Waals surface area contributed by atoms with E-state index in [9.17, 15) is 8.42 Å². The summed E-state index contributed by atoms with van der Waals surface area (Å²) in [6.45, 7) is 7.08. The molecule has 2 saturated heterocycles. The predicted octanol–water partition coefficient (Wildman–Crippen LogP) is 3.07. The molecule has 9 heteroatoms. The summed E-state index contributed by atoms with van der Waals surface area (Å²) >= 11 is 0. The van der Waals surface area contributed by atoms with E-state index in [1.165, 1.54) is 30.7 Å². The Bertz CT molecular complexity index is 1020. The van der Waals surface area contributed by atoms with E-state index in [1.807, 2.05) is 19.1 Å². The van der Waals surface area contributed by atoms with E-state index in [1.54, 1.807) is 12.1 Å². The van der Waals surface area contributed by atoms with E-state index in [0.717, 1.165) is 30.2 Å². The molecule has 0 spiro atoms. The molecule has 0 saturated carbocycles. The molecule has 1 aromatic heterocycles. The number of ether oxygens (including phenoxy) is 1. The second kappa shape index (κ2) is 9.62. The van der Waals surface area contributed by atoms with Gasteiger partial charge in [0.15, 0.2) is 11.6 Å². The molecule has 0 radical (unpaired) electrons. The molecular formula is C23H33N5O3S. The highest BCUT2D eigenvalue weighted by molar-refractivity contribution is 7.89. The Hall–Kier alpha value is -2.39. The maximum Gasteiger partial charge on any atom is 0.246 e. The van der Waals surface area contributed by atoms with Gasteiger partial charge in [-0.1, -0.05) is 13.0 Å². The summed E-state index contributed by atoms with van der Waals surface area (Å²) in [6.07, 6.45) is 4.80. The number of aryl methyl sites for hydroxylation is 1. The van der Waals surface area contributed by atoms with E-state index in [0.29, 0.717) is 38.0 Å². The minimum absolute atomic E-state index is 0.226. The molecule has 1 aromatic carbocycles. The first-order valence-electron chi connectivity index (χ1n) is 11.4. The van der Waals surface area contributed by atoms with Crippen molar-refractivity contribution in [2.45, 2.75) is 50.5 Å². The number of methoxy groups -OCH3 is 1. The topological polar surface area (TPSA) is 78.9 Å². The van der Waals surface area contributed by atoms with E-state index in [4.69, 9.17) is 4.74 Å². The lowest BCUT2D eigenvalue weighted by Gasteiger charge is -2.36. The van der Waals surface area contributed by atoms with Gasteiger partial charge in [-0.05, 0) is 62.4 Å². The molecule has 32 heavy (non-hydrogen) atoms. The number of hydrogen-bond donors (Lipinski definition) is 0. The van der Waals surface area contributed by atoms with Gasteiger partial charge in [-0.15, -0.1) is 10.2 Å². The summed E-state index contributed by atoms with van der Waals surface area (Å²) in [4.78, 5) is 4.70. The SMILES string of the molecule is CCC1CCCCN1c1ccc(N2CCN(S(=O)(=O)c3cc(C)ccc3OC)CC2)nn1. The van der Waals surface area contributed by atoms with Crippen molar-refractivity contribution in [3.05, 3.63) is 35.9 Å². The van der Waals surface area contributed by atoms with Crippen LogP contribution >= 0.6 is 0 Å². The van der Waals surface area contributed by atoms with Crippen LogP contribution < -0.4 is 14.5 Å². The third-order valence-electron chi connectivity index (χ3n) is 6.53. The Labute approximate surface area is 191 Å². The van der Waals surface area contributed by atoms with Gasteiger partial charge in [0, 0.05) is 38.8 Å². The average molecular weight is 460 g/mol. The second-order valence-electron chi connectivity index (χ2n) is 8.55. The molecule has 4 rings (SSSR count). The minimum Gasteiger partial charge on any atom is -0.495 e. The molecule has 2 aliphatic rings. The van der Waals surface area contributed by atoms with Gasteiger partial charge < -0.3 is 14.5 Å². The summed E-state index contributed by atoms with van der Waals surface area (Å²) in [5.74, 6) is 2.11. The highest BCUT2D eigenvalue weighted by Gasteiger charge is 2.31. The van der Waals surface area contributed by atoms with Gasteiger partial charge in [-0.25, -0.2) is 8.42 Å². The van der Waals surface area contributed by atoms with Crippen LogP contribution in [-0.2, 0) is 10.0 Å². The lowest BCUT2D eigenvalue weighted by Crippen LogP contribution is -2.49. The molecule has 0 bridgehead atoms. The number of piperazine rings is 1. The molecule has 3 heterocycles. The van der Waals surface area contributed by atoms with Crippen LogP contribution in [0.5, 0.6) is 5.75 Å². The predicted molar refractivity (Wildman–Crippen MR) is 126 cm³/mol. The lowest BCUT2D eigenvalue weighted by molar-refractivity contribution is 0.373. The normalized spacial score (nSPS) is 20.4. The van der Waals surface area contributed by atoms with Crippen LogP contribution in [0.25, 0.3) is 0 Å². The zero-order valence-electron chi connectivity index (χ0n) is 19.2. The van der Waals surface area contributed by atoms with Gasteiger partial charge in [-0.2, -0.15) is 4.31 Å². The van der Waals surface area contributed by atoms with E-state index in [-0.39, 0.29) is 4.90 Å². The smallest absolute Gasteiger partial charge is 0.246 e. The maximum atomic E-state index is 13.2. The fourth-order valence-electron chi connectivity index (χ4n) is 4.65. The van der Waals surface area contributed by atoms with Crippen LogP contribution in [0.3, 0.4) is 0 Å². The molecule has 174 valence electrons. The Morgan fingerprint density at radius 3 is 2.38 bits per heavy atom. The Balaban J connectivity index is 1.43. The van der Waals surface area contributed by atoms with Crippen LogP contribution in [0.15, 0.2) is 35.2 Å². The Morgan fingerprint density at radius 1 is 1.00 bits per heavy atom. The number of benzene rings is 1. The number of nitrogens with zero attached hydrogens (tertiary/aromatic N) is 5. The van der Waals surface area contributed by atoms with Gasteiger partial charge in [0.05, 0.1) is 7.11 Å². The molecule has 0 aliphatic carbocycles. The number of piperidine rings is 1. The van der Waals surface area contributed by atoms with Gasteiger partial charge >= 0.3 is 0 Å². The van der Waals surface area contributed by atoms with E-state index >= 15 is 0 Å². The van der Waals surface area contributed by atoms with Crippen LogP contribution in [0.2, 0.25) is 0 Å². The molecule has 2 fully saturated rings. The van der Waals surface area contributed by atoms with Crippen LogP contribution in [0, 0.1) is 6.92 Å². The Morgan fingerprint density at radius 2 is 1.72 bits per heavy atom. The summed E-state index contributed by atoms with van der Waals surface area (Å²) < 4.78 is 33.3. The van der Waals surface area contributed by atoms with Crippen molar-refractivity contribution in [2.75, 3.05) is 49.6 Å². The number of aromatic nitrogens is 2. The fourth-order valence-corrected chi connectivity index (χ4v) is 6.31. The first kappa shape index (κ1) is 22.8. The third-order valence-corrected chi connectivity index (χ3v) is 8.45. The summed E-state index contributed by atoms with van der Waals surface area (Å²) in [6, 6.07) is 9.84. The van der Waals surface area contributed by atoms with Crippen molar-refractivity contribution < 1.29 is 13.2 Å². The van der Waals surface area contributed by atoms with Gasteiger partial charge in [0.2, 0.25) is 10.0 Å². The maximum absolute atomic E-state index is 13.2. The number of rotatable bonds is 6. The highest BCUT2D eigenvalue weighted by Crippen LogP contribution is 2.29. The largest absolute Gasteiger partial charge is 0.495 e. The summed E-state index contributed by atoms with van der Waals surface area (Å²) in [5.41, 5.74) is 0.886. The third kappa shape index (κ3) is 4.54. The molecule has 8 nitrogen and oxygen atoms in total. The van der Waals surface area contributed by atoms with Crippen molar-refractivity contribution in [3.63, 3.8) is 0 Å². The second-order valence-corrected chi connectivity index (χ2v) is 10.5. The molecule has 1 atom stereocenters. The lowest BCUT2D eigenvalue weighted by atomic mass is 10.0. The van der Waals surface area contributed by atoms with Gasteiger partial charge in [-0.3, -0.25) is 0 Å². The zero-order chi connectivity index (χ0) is 22.7. The van der Waals surface area contributed by atoms with Crippen molar-refractivity contribution in [3.8, 4) is 5.75 Å². The van der Waals surface area contributed by atoms with Crippen LogP contribution in [0.4, 0.5) is 11.6 Å². The quantitative estimate of drug-likeness (QED) is 0.657. The van der Waals surface area contributed by atoms with Crippen LogP contribution in [0.1, 0.15) is 38.2 Å². The monoisotopic (exact) mass is 459 g/mol. The molecule has 2 aliphatic heterocycles. The molecule has 1 unspecified atom stereocenters. The minimum atomic E-state index is -3.62. The zero-order valence-corrected chi connectivity index (χ0v) is 20.0. The number of anilines is 2. The van der Waals surface area contributed by atoms with Crippen molar-refractivity contribution in [1.29, 1.82) is 0 Å². The molecule has 0 amide bonds. The molecule has 0 N–H and O–H groups in total. The van der Waals surface area contributed by atoms with Crippen molar-refractivity contribution in [2.24, 2.45) is 0 Å². The first-order chi connectivity index (χ1) is 15.4. The van der Waals surface area contributed by atoms with E-state index in [2.05, 4.69) is 33.0 Å². The highest BCUT2D eigenvalue weighted by atomic mass is 32.2. The Kier molecular flexibility index (Phi) is 6.85. The van der Waals surface area contributed by atoms with E-state index < -0.39 is 10.0 Å². The summed E-state index contributed by atoms with van der Waals surface area (Å²) in [7, 11) is -2.13. The number of sulfonamides is 1. The first-order valence-corrected chi connectivity index (χ1v) is 12.9. The van der Waals surface area contributed by atoms with Crippen molar-refractivity contribution >= 4 is 21.7 Å². The van der Waals surface area contributed by atoms with Crippen molar-refractivity contribution in [1.82, 2.24) is 14.5 Å². The number of hydrogen-bond acceptors (Lipinski definition) is 7. The summed E-state index contributed by atoms with van der Waals surface area (Å²) in [5, 5.41) is 8.99. The van der Waals surface area contributed by atoms with Gasteiger partial charge in [0.25, 0.3) is 0 Å².